The zero-order chi connectivity index (χ0) is 12.7. The maximum Gasteiger partial charge on any atom is 0.189 e. The van der Waals surface area contributed by atoms with E-state index in [-0.39, 0.29) is 5.79 Å². The van der Waals surface area contributed by atoms with Crippen LogP contribution in [-0.2, 0) is 15.9 Å². The second-order valence-corrected chi connectivity index (χ2v) is 5.27. The van der Waals surface area contributed by atoms with Crippen LogP contribution >= 0.6 is 0 Å². The molecule has 0 radical (unpaired) electrons. The highest BCUT2D eigenvalue weighted by atomic mass is 16.8. The van der Waals surface area contributed by atoms with E-state index in [9.17, 15) is 0 Å². The molecule has 0 amide bonds. The van der Waals surface area contributed by atoms with Crippen molar-refractivity contribution in [3.8, 4) is 0 Å². The largest absolute Gasteiger partial charge is 0.348 e. The zero-order valence-corrected chi connectivity index (χ0v) is 11.4. The molecule has 2 rings (SSSR count). The van der Waals surface area contributed by atoms with Crippen LogP contribution in [-0.4, -0.2) is 19.0 Å². The summed E-state index contributed by atoms with van der Waals surface area (Å²) in [6.45, 7) is 3.62. The Balaban J connectivity index is 1.40. The molecule has 1 heterocycles. The van der Waals surface area contributed by atoms with Gasteiger partial charge in [-0.05, 0) is 31.7 Å². The van der Waals surface area contributed by atoms with Crippen molar-refractivity contribution in [2.75, 3.05) is 13.2 Å². The first-order valence-corrected chi connectivity index (χ1v) is 7.10. The molecule has 0 aliphatic carbocycles. The van der Waals surface area contributed by atoms with Crippen LogP contribution in [0.15, 0.2) is 30.3 Å². The van der Waals surface area contributed by atoms with Gasteiger partial charge < -0.3 is 9.47 Å². The fraction of sp³-hybridized carbons (Fsp3) is 0.625. The van der Waals surface area contributed by atoms with Crippen LogP contribution < -0.4 is 0 Å². The lowest BCUT2D eigenvalue weighted by atomic mass is 10.1. The molecule has 2 nitrogen and oxygen atoms in total. The highest BCUT2D eigenvalue weighted by Gasteiger charge is 2.40. The molecule has 0 N–H and O–H groups in total. The molecule has 0 aromatic heterocycles. The SMILES string of the molecule is CC1(OCCCCCCCc2ccccc2)CO1. The van der Waals surface area contributed by atoms with Crippen LogP contribution in [0.25, 0.3) is 0 Å². The van der Waals surface area contributed by atoms with Crippen LogP contribution in [0.2, 0.25) is 0 Å². The number of rotatable bonds is 9. The van der Waals surface area contributed by atoms with E-state index in [0.29, 0.717) is 0 Å². The first-order chi connectivity index (χ1) is 8.79. The van der Waals surface area contributed by atoms with Crippen molar-refractivity contribution in [3.63, 3.8) is 0 Å². The van der Waals surface area contributed by atoms with Gasteiger partial charge in [0.05, 0.1) is 6.61 Å². The molecule has 0 spiro atoms. The topological polar surface area (TPSA) is 21.8 Å². The van der Waals surface area contributed by atoms with E-state index in [0.717, 1.165) is 19.6 Å². The molecule has 1 saturated heterocycles. The van der Waals surface area contributed by atoms with Crippen LogP contribution in [0, 0.1) is 0 Å². The van der Waals surface area contributed by atoms with Crippen LogP contribution in [0.3, 0.4) is 0 Å². The van der Waals surface area contributed by atoms with Gasteiger partial charge in [-0.2, -0.15) is 0 Å². The Morgan fingerprint density at radius 3 is 2.44 bits per heavy atom. The summed E-state index contributed by atoms with van der Waals surface area (Å²) in [5.74, 6) is -0.229. The molecule has 1 aliphatic heterocycles. The maximum absolute atomic E-state index is 5.59. The summed E-state index contributed by atoms with van der Waals surface area (Å²) < 4.78 is 10.8. The summed E-state index contributed by atoms with van der Waals surface area (Å²) in [6, 6.07) is 10.7. The van der Waals surface area contributed by atoms with Gasteiger partial charge in [-0.3, -0.25) is 0 Å². The molecule has 1 fully saturated rings. The Kier molecular flexibility index (Phi) is 5.21. The minimum Gasteiger partial charge on any atom is -0.348 e. The predicted molar refractivity (Wildman–Crippen MR) is 73.5 cm³/mol. The minimum absolute atomic E-state index is 0.229. The van der Waals surface area contributed by atoms with Gasteiger partial charge in [0.1, 0.15) is 6.61 Å². The van der Waals surface area contributed by atoms with E-state index < -0.39 is 0 Å². The number of benzene rings is 1. The monoisotopic (exact) mass is 248 g/mol. The first-order valence-electron chi connectivity index (χ1n) is 7.10. The van der Waals surface area contributed by atoms with Crippen molar-refractivity contribution in [1.29, 1.82) is 0 Å². The lowest BCUT2D eigenvalue weighted by Gasteiger charge is -2.07. The molecule has 1 atom stereocenters. The second kappa shape index (κ2) is 6.91. The molecule has 1 aromatic rings. The number of hydrogen-bond donors (Lipinski definition) is 0. The van der Waals surface area contributed by atoms with Crippen molar-refractivity contribution in [2.45, 2.75) is 51.2 Å². The Labute approximate surface area is 110 Å². The normalized spacial score (nSPS) is 22.1. The van der Waals surface area contributed by atoms with Crippen molar-refractivity contribution in [1.82, 2.24) is 0 Å². The van der Waals surface area contributed by atoms with Gasteiger partial charge in [-0.1, -0.05) is 49.6 Å². The van der Waals surface area contributed by atoms with Crippen molar-refractivity contribution in [2.24, 2.45) is 0 Å². The smallest absolute Gasteiger partial charge is 0.189 e. The molecule has 100 valence electrons. The van der Waals surface area contributed by atoms with E-state index in [2.05, 4.69) is 30.3 Å². The highest BCUT2D eigenvalue weighted by Crippen LogP contribution is 2.27. The van der Waals surface area contributed by atoms with Gasteiger partial charge in [0, 0.05) is 0 Å². The van der Waals surface area contributed by atoms with E-state index in [1.807, 2.05) is 6.92 Å². The number of epoxide rings is 1. The van der Waals surface area contributed by atoms with Crippen molar-refractivity contribution in [3.05, 3.63) is 35.9 Å². The van der Waals surface area contributed by atoms with Crippen LogP contribution in [0.4, 0.5) is 0 Å². The summed E-state index contributed by atoms with van der Waals surface area (Å²) in [6.07, 6.45) is 7.57. The van der Waals surface area contributed by atoms with E-state index >= 15 is 0 Å². The Hall–Kier alpha value is -0.860. The molecular formula is C16H24O2. The lowest BCUT2D eigenvalue weighted by molar-refractivity contribution is -0.0309. The van der Waals surface area contributed by atoms with Gasteiger partial charge in [0.2, 0.25) is 0 Å². The highest BCUT2D eigenvalue weighted by molar-refractivity contribution is 5.14. The zero-order valence-electron chi connectivity index (χ0n) is 11.4. The maximum atomic E-state index is 5.59. The molecule has 18 heavy (non-hydrogen) atoms. The second-order valence-electron chi connectivity index (χ2n) is 5.27. The van der Waals surface area contributed by atoms with Gasteiger partial charge in [0.15, 0.2) is 5.79 Å². The minimum atomic E-state index is -0.229. The molecular weight excluding hydrogens is 224 g/mol. The van der Waals surface area contributed by atoms with Gasteiger partial charge in [0.25, 0.3) is 0 Å². The summed E-state index contributed by atoms with van der Waals surface area (Å²) in [5.41, 5.74) is 1.46. The lowest BCUT2D eigenvalue weighted by Crippen LogP contribution is -2.11. The van der Waals surface area contributed by atoms with Crippen LogP contribution in [0.1, 0.15) is 44.6 Å². The van der Waals surface area contributed by atoms with Crippen molar-refractivity contribution < 1.29 is 9.47 Å². The third-order valence-electron chi connectivity index (χ3n) is 3.41. The number of ether oxygens (including phenoxy) is 2. The quantitative estimate of drug-likeness (QED) is 0.487. The predicted octanol–water partition coefficient (Wildman–Crippen LogP) is 3.94. The molecule has 1 unspecified atom stereocenters. The average molecular weight is 248 g/mol. The molecule has 2 heteroatoms. The summed E-state index contributed by atoms with van der Waals surface area (Å²) in [5, 5.41) is 0. The third kappa shape index (κ3) is 5.19. The molecule has 0 bridgehead atoms. The Morgan fingerprint density at radius 1 is 1.06 bits per heavy atom. The average Bonchev–Trinajstić information content (AvgIpc) is 3.12. The number of unbranched alkanes of at least 4 members (excludes halogenated alkanes) is 4. The summed E-state index contributed by atoms with van der Waals surface area (Å²) >= 11 is 0. The number of aryl methyl sites for hydroxylation is 1. The first kappa shape index (κ1) is 13.6. The third-order valence-corrected chi connectivity index (χ3v) is 3.41. The molecule has 0 saturated carbocycles. The molecule has 1 aliphatic rings. The Bertz CT molecular complexity index is 330. The van der Waals surface area contributed by atoms with Gasteiger partial charge >= 0.3 is 0 Å². The van der Waals surface area contributed by atoms with Gasteiger partial charge in [-0.25, -0.2) is 0 Å². The number of hydrogen-bond acceptors (Lipinski definition) is 2. The molecule has 1 aromatic carbocycles. The standard InChI is InChI=1S/C16H24O2/c1-16(14-18-16)17-13-9-4-2-3-6-10-15-11-7-5-8-12-15/h5,7-8,11-12H,2-4,6,9-10,13-14H2,1H3. The van der Waals surface area contributed by atoms with E-state index in [4.69, 9.17) is 9.47 Å². The fourth-order valence-corrected chi connectivity index (χ4v) is 2.08. The van der Waals surface area contributed by atoms with E-state index in [1.54, 1.807) is 0 Å². The van der Waals surface area contributed by atoms with E-state index in [1.165, 1.54) is 37.7 Å². The van der Waals surface area contributed by atoms with Crippen LogP contribution in [0.5, 0.6) is 0 Å². The summed E-state index contributed by atoms with van der Waals surface area (Å²) in [4.78, 5) is 0. The Morgan fingerprint density at radius 2 is 1.72 bits per heavy atom. The van der Waals surface area contributed by atoms with Crippen molar-refractivity contribution >= 4 is 0 Å². The van der Waals surface area contributed by atoms with Gasteiger partial charge in [-0.15, -0.1) is 0 Å². The summed E-state index contributed by atoms with van der Waals surface area (Å²) in [7, 11) is 0. The fourth-order valence-electron chi connectivity index (χ4n) is 2.08.